The lowest BCUT2D eigenvalue weighted by Gasteiger charge is -2.29. The first-order valence-corrected chi connectivity index (χ1v) is 15.9. The van der Waals surface area contributed by atoms with Crippen LogP contribution in [0.2, 0.25) is 0 Å². The Morgan fingerprint density at radius 1 is 0.896 bits per heavy atom. The number of fused-ring (bicyclic) bond motifs is 3. The number of ether oxygens (including phenoxy) is 4. The van der Waals surface area contributed by atoms with Crippen LogP contribution in [0.3, 0.4) is 0 Å². The molecule has 6 rings (SSSR count). The minimum atomic E-state index is 0.00652. The van der Waals surface area contributed by atoms with Gasteiger partial charge in [0.1, 0.15) is 23.4 Å². The van der Waals surface area contributed by atoms with Gasteiger partial charge < -0.3 is 44.8 Å². The Balaban J connectivity index is 0.993. The van der Waals surface area contributed by atoms with Gasteiger partial charge in [-0.05, 0) is 41.3 Å². The third kappa shape index (κ3) is 8.06. The van der Waals surface area contributed by atoms with E-state index in [9.17, 15) is 4.79 Å². The summed E-state index contributed by atoms with van der Waals surface area (Å²) in [6, 6.07) is 12.0. The summed E-state index contributed by atoms with van der Waals surface area (Å²) in [7, 11) is 0. The highest BCUT2D eigenvalue weighted by molar-refractivity contribution is 5.99. The number of nitrogens with two attached hydrogens (primary N) is 2. The quantitative estimate of drug-likeness (QED) is 0.123. The van der Waals surface area contributed by atoms with Crippen LogP contribution in [0.15, 0.2) is 47.1 Å². The lowest BCUT2D eigenvalue weighted by Crippen LogP contribution is -2.36. The first-order valence-electron chi connectivity index (χ1n) is 15.9. The van der Waals surface area contributed by atoms with Gasteiger partial charge in [-0.3, -0.25) is 4.79 Å². The molecule has 5 aromatic rings. The molecule has 1 amide bonds. The number of aromatic nitrogens is 5. The normalized spacial score (nSPS) is 13.1. The predicted molar refractivity (Wildman–Crippen MR) is 177 cm³/mol. The average Bonchev–Trinajstić information content (AvgIpc) is 3.66. The highest BCUT2D eigenvalue weighted by atomic mass is 16.6. The van der Waals surface area contributed by atoms with Crippen LogP contribution in [0.5, 0.6) is 0 Å². The maximum atomic E-state index is 12.9. The van der Waals surface area contributed by atoms with Crippen LogP contribution in [0.1, 0.15) is 23.1 Å². The number of nitrogen functional groups attached to an aromatic ring is 2. The van der Waals surface area contributed by atoms with Crippen molar-refractivity contribution in [2.75, 3.05) is 77.5 Å². The summed E-state index contributed by atoms with van der Waals surface area (Å²) in [5.74, 6) is 0.413. The molecule has 1 aliphatic heterocycles. The fourth-order valence-electron chi connectivity index (χ4n) is 5.67. The maximum absolute atomic E-state index is 12.9. The van der Waals surface area contributed by atoms with E-state index in [0.717, 1.165) is 23.1 Å². The molecule has 4 heterocycles. The van der Waals surface area contributed by atoms with Crippen molar-refractivity contribution < 1.29 is 33.3 Å². The zero-order valence-electron chi connectivity index (χ0n) is 26.7. The Hall–Kier alpha value is -4.67. The van der Waals surface area contributed by atoms with Crippen molar-refractivity contribution in [3.8, 4) is 11.3 Å². The largest absolute Gasteiger partial charge is 0.424 e. The molecule has 0 bridgehead atoms. The van der Waals surface area contributed by atoms with Gasteiger partial charge >= 0.3 is 0 Å². The van der Waals surface area contributed by atoms with E-state index >= 15 is 0 Å². The van der Waals surface area contributed by atoms with Crippen molar-refractivity contribution in [1.82, 2.24) is 29.6 Å². The van der Waals surface area contributed by atoms with Gasteiger partial charge in [0.2, 0.25) is 5.91 Å². The molecule has 0 spiro atoms. The third-order valence-corrected chi connectivity index (χ3v) is 8.02. The van der Waals surface area contributed by atoms with Crippen molar-refractivity contribution in [1.29, 1.82) is 0 Å². The third-order valence-electron chi connectivity index (χ3n) is 8.02. The fourth-order valence-corrected chi connectivity index (χ4v) is 5.67. The average molecular weight is 661 g/mol. The number of nitrogens with zero attached hydrogens (tertiary/aromatic N) is 6. The molecule has 0 aliphatic carbocycles. The highest BCUT2D eigenvalue weighted by Gasteiger charge is 2.22. The maximum Gasteiger partial charge on any atom is 0.292 e. The van der Waals surface area contributed by atoms with Gasteiger partial charge in [0.15, 0.2) is 11.2 Å². The van der Waals surface area contributed by atoms with E-state index in [1.165, 1.54) is 11.9 Å². The van der Waals surface area contributed by atoms with Gasteiger partial charge in [-0.2, -0.15) is 10.1 Å². The topological polar surface area (TPSA) is 199 Å². The second-order valence-corrected chi connectivity index (χ2v) is 11.3. The van der Waals surface area contributed by atoms with Crippen molar-refractivity contribution >= 4 is 39.9 Å². The minimum absolute atomic E-state index is 0.00652. The van der Waals surface area contributed by atoms with Gasteiger partial charge in [0, 0.05) is 18.7 Å². The van der Waals surface area contributed by atoms with Crippen molar-refractivity contribution in [3.05, 3.63) is 59.4 Å². The molecule has 0 saturated heterocycles. The molecule has 254 valence electrons. The molecule has 15 nitrogen and oxygen atoms in total. The van der Waals surface area contributed by atoms with E-state index < -0.39 is 0 Å². The molecule has 0 saturated carbocycles. The molecule has 15 heteroatoms. The molecule has 2 aromatic carbocycles. The summed E-state index contributed by atoms with van der Waals surface area (Å²) in [4.78, 5) is 27.7. The smallest absolute Gasteiger partial charge is 0.292 e. The van der Waals surface area contributed by atoms with Gasteiger partial charge in [-0.15, -0.1) is 0 Å². The highest BCUT2D eigenvalue weighted by Crippen LogP contribution is 2.33. The van der Waals surface area contributed by atoms with Crippen LogP contribution in [-0.4, -0.2) is 107 Å². The van der Waals surface area contributed by atoms with E-state index in [1.54, 1.807) is 6.07 Å². The molecule has 5 N–H and O–H groups in total. The molecule has 1 aliphatic rings. The number of carbonyl (C=O) groups is 1. The summed E-state index contributed by atoms with van der Waals surface area (Å²) in [5.41, 5.74) is 18.8. The van der Waals surface area contributed by atoms with Crippen LogP contribution in [-0.2, 0) is 43.3 Å². The summed E-state index contributed by atoms with van der Waals surface area (Å²) >= 11 is 0. The number of rotatable bonds is 17. The SMILES string of the molecule is Nc1nc2cc(-c3nn(Cc4ccc5c(c4)CCN(C(=O)CCOCCOCCOCCOCCO)C5)c4ncnc(N)c34)ccc2o1. The van der Waals surface area contributed by atoms with Gasteiger partial charge in [-0.1, -0.05) is 18.2 Å². The molecule has 3 aromatic heterocycles. The molecule has 0 atom stereocenters. The predicted octanol–water partition coefficient (Wildman–Crippen LogP) is 2.18. The number of anilines is 2. The van der Waals surface area contributed by atoms with E-state index in [0.29, 0.717) is 113 Å². The number of oxazole rings is 1. The van der Waals surface area contributed by atoms with Crippen molar-refractivity contribution in [3.63, 3.8) is 0 Å². The Kier molecular flexibility index (Phi) is 11.0. The monoisotopic (exact) mass is 660 g/mol. The van der Waals surface area contributed by atoms with Crippen molar-refractivity contribution in [2.45, 2.75) is 25.9 Å². The van der Waals surface area contributed by atoms with Crippen LogP contribution < -0.4 is 11.5 Å². The number of hydrogen-bond acceptors (Lipinski definition) is 13. The molecular formula is C33H40N8O7. The van der Waals surface area contributed by atoms with E-state index in [1.807, 2.05) is 21.7 Å². The van der Waals surface area contributed by atoms with Crippen LogP contribution >= 0.6 is 0 Å². The molecule has 0 unspecified atom stereocenters. The Labute approximate surface area is 276 Å². The lowest BCUT2D eigenvalue weighted by molar-refractivity contribution is -0.133. The first-order chi connectivity index (χ1) is 23.5. The molecule has 48 heavy (non-hydrogen) atoms. The van der Waals surface area contributed by atoms with Crippen LogP contribution in [0.25, 0.3) is 33.4 Å². The summed E-state index contributed by atoms with van der Waals surface area (Å²) in [5, 5.41) is 14.2. The van der Waals surface area contributed by atoms with Crippen LogP contribution in [0, 0.1) is 0 Å². The number of aliphatic hydroxyl groups is 1. The number of benzene rings is 2. The number of carbonyl (C=O) groups excluding carboxylic acids is 1. The van der Waals surface area contributed by atoms with E-state index in [2.05, 4.69) is 33.2 Å². The summed E-state index contributed by atoms with van der Waals surface area (Å²) in [6.45, 7) is 5.03. The van der Waals surface area contributed by atoms with E-state index in [-0.39, 0.29) is 18.5 Å². The van der Waals surface area contributed by atoms with Gasteiger partial charge in [-0.25, -0.2) is 14.6 Å². The molecule has 0 fully saturated rings. The van der Waals surface area contributed by atoms with Crippen LogP contribution in [0.4, 0.5) is 11.8 Å². The zero-order chi connectivity index (χ0) is 33.3. The number of hydrogen-bond donors (Lipinski definition) is 3. The minimum Gasteiger partial charge on any atom is -0.424 e. The van der Waals surface area contributed by atoms with Gasteiger partial charge in [0.25, 0.3) is 6.01 Å². The Morgan fingerprint density at radius 2 is 1.65 bits per heavy atom. The Bertz CT molecular complexity index is 1840. The number of aliphatic hydroxyl groups excluding tert-OH is 1. The van der Waals surface area contributed by atoms with Gasteiger partial charge in [0.05, 0.1) is 77.8 Å². The zero-order valence-corrected chi connectivity index (χ0v) is 26.7. The lowest BCUT2D eigenvalue weighted by atomic mass is 9.97. The second kappa shape index (κ2) is 16.0. The number of amides is 1. The summed E-state index contributed by atoms with van der Waals surface area (Å²) < 4.78 is 28.8. The fraction of sp³-hybridized carbons (Fsp3) is 0.424. The second-order valence-electron chi connectivity index (χ2n) is 11.3. The first kappa shape index (κ1) is 33.2. The van der Waals surface area contributed by atoms with Crippen molar-refractivity contribution in [2.24, 2.45) is 0 Å². The molecule has 0 radical (unpaired) electrons. The summed E-state index contributed by atoms with van der Waals surface area (Å²) in [6.07, 6.45) is 2.53. The van der Waals surface area contributed by atoms with E-state index in [4.69, 9.17) is 45.0 Å². The molecular weight excluding hydrogens is 620 g/mol. The standard InChI is InChI=1S/C33H40N8O7/c34-31-29-30(24-3-4-27-26(18-24)38-33(35)48-27)39-41(32(29)37-21-36-31)19-22-1-2-25-20-40(7-5-23(25)17-22)28(43)6-9-44-11-13-46-15-16-47-14-12-45-10-8-42/h1-4,17-18,21,42H,5-16,19-20H2,(H2,35,38)(H2,34,36,37). The Morgan fingerprint density at radius 3 is 2.42 bits per heavy atom.